The first-order valence-corrected chi connectivity index (χ1v) is 9.73. The Hall–Kier alpha value is -2.44. The third kappa shape index (κ3) is 5.05. The number of aliphatic carboxylic acids is 1. The van der Waals surface area contributed by atoms with Crippen molar-refractivity contribution < 1.29 is 19.5 Å². The molecule has 0 radical (unpaired) electrons. The Kier molecular flexibility index (Phi) is 6.42. The Labute approximate surface area is 159 Å². The van der Waals surface area contributed by atoms with E-state index in [2.05, 4.69) is 4.98 Å². The van der Waals surface area contributed by atoms with Crippen molar-refractivity contribution in [1.82, 2.24) is 14.8 Å². The lowest BCUT2D eigenvalue weighted by Gasteiger charge is -2.32. The van der Waals surface area contributed by atoms with E-state index >= 15 is 0 Å². The predicted molar refractivity (Wildman–Crippen MR) is 98.6 cm³/mol. The number of carbonyl (C=O) groups excluding carboxylic acids is 2. The van der Waals surface area contributed by atoms with E-state index in [9.17, 15) is 19.5 Å². The van der Waals surface area contributed by atoms with Crippen LogP contribution in [0.15, 0.2) is 24.5 Å². The Morgan fingerprint density at radius 1 is 1.22 bits per heavy atom. The molecule has 0 bridgehead atoms. The van der Waals surface area contributed by atoms with Crippen molar-refractivity contribution >= 4 is 17.8 Å². The first kappa shape index (κ1) is 19.3. The second kappa shape index (κ2) is 8.97. The van der Waals surface area contributed by atoms with E-state index < -0.39 is 11.9 Å². The highest BCUT2D eigenvalue weighted by atomic mass is 16.4. The molecular weight excluding hydrogens is 346 g/mol. The summed E-state index contributed by atoms with van der Waals surface area (Å²) in [5.74, 6) is -1.71. The summed E-state index contributed by atoms with van der Waals surface area (Å²) in [6.07, 6.45) is 9.54. The molecule has 2 fully saturated rings. The number of rotatable bonds is 6. The highest BCUT2D eigenvalue weighted by molar-refractivity contribution is 5.90. The molecule has 0 aromatic carbocycles. The summed E-state index contributed by atoms with van der Waals surface area (Å²) < 4.78 is 0. The largest absolute Gasteiger partial charge is 0.480 e. The summed E-state index contributed by atoms with van der Waals surface area (Å²) >= 11 is 0. The number of amides is 2. The number of carboxylic acid groups (broad SMARTS) is 1. The fourth-order valence-corrected chi connectivity index (χ4v) is 4.14. The zero-order valence-corrected chi connectivity index (χ0v) is 15.5. The molecule has 1 saturated heterocycles. The van der Waals surface area contributed by atoms with Crippen molar-refractivity contribution in [2.45, 2.75) is 57.5 Å². The van der Waals surface area contributed by atoms with Crippen LogP contribution < -0.4 is 0 Å². The van der Waals surface area contributed by atoms with E-state index in [1.807, 2.05) is 12.1 Å². The van der Waals surface area contributed by atoms with Gasteiger partial charge in [0.2, 0.25) is 11.8 Å². The van der Waals surface area contributed by atoms with E-state index in [4.69, 9.17) is 0 Å². The molecule has 0 spiro atoms. The molecule has 1 N–H and O–H groups in total. The van der Waals surface area contributed by atoms with Crippen LogP contribution in [-0.2, 0) is 20.9 Å². The van der Waals surface area contributed by atoms with Crippen LogP contribution in [0.5, 0.6) is 0 Å². The molecule has 7 heteroatoms. The molecule has 1 aromatic rings. The first-order chi connectivity index (χ1) is 13.0. The Morgan fingerprint density at radius 2 is 1.96 bits per heavy atom. The first-order valence-electron chi connectivity index (χ1n) is 9.73. The summed E-state index contributed by atoms with van der Waals surface area (Å²) in [4.78, 5) is 44.1. The summed E-state index contributed by atoms with van der Waals surface area (Å²) in [7, 11) is 0. The van der Waals surface area contributed by atoms with E-state index in [-0.39, 0.29) is 30.8 Å². The van der Waals surface area contributed by atoms with Gasteiger partial charge in [-0.05, 0) is 24.5 Å². The standard InChI is InChI=1S/C20H27N3O4/c24-18-10-16(13-22(18)12-15-6-5-9-21-11-15)20(27)23(14-19(25)26)17-7-3-1-2-4-8-17/h5-6,9,11,16-17H,1-4,7-8,10,12-14H2,(H,25,26)/t16-/m1/s1. The smallest absolute Gasteiger partial charge is 0.323 e. The maximum Gasteiger partial charge on any atom is 0.323 e. The van der Waals surface area contributed by atoms with Crippen molar-refractivity contribution in [3.05, 3.63) is 30.1 Å². The molecule has 0 unspecified atom stereocenters. The van der Waals surface area contributed by atoms with E-state index in [1.165, 1.54) is 4.90 Å². The number of hydrogen-bond acceptors (Lipinski definition) is 4. The predicted octanol–water partition coefficient (Wildman–Crippen LogP) is 2.07. The topological polar surface area (TPSA) is 90.8 Å². The van der Waals surface area contributed by atoms with Crippen LogP contribution >= 0.6 is 0 Å². The summed E-state index contributed by atoms with van der Waals surface area (Å²) in [5, 5.41) is 9.30. The van der Waals surface area contributed by atoms with Crippen LogP contribution in [0.3, 0.4) is 0 Å². The SMILES string of the molecule is O=C(O)CN(C(=O)[C@@H]1CC(=O)N(Cc2cccnc2)C1)C1CCCCCC1. The molecule has 1 aromatic heterocycles. The molecule has 1 aliphatic heterocycles. The van der Waals surface area contributed by atoms with Gasteiger partial charge in [0.05, 0.1) is 5.92 Å². The van der Waals surface area contributed by atoms with Gasteiger partial charge < -0.3 is 14.9 Å². The average Bonchev–Trinajstić information content (AvgIpc) is 2.86. The number of likely N-dealkylation sites (tertiary alicyclic amines) is 1. The maximum absolute atomic E-state index is 13.1. The number of aromatic nitrogens is 1. The minimum absolute atomic E-state index is 0.0291. The quantitative estimate of drug-likeness (QED) is 0.771. The van der Waals surface area contributed by atoms with Gasteiger partial charge in [0.25, 0.3) is 0 Å². The summed E-state index contributed by atoms with van der Waals surface area (Å²) in [6, 6.07) is 3.69. The average molecular weight is 373 g/mol. The van der Waals surface area contributed by atoms with Gasteiger partial charge in [-0.2, -0.15) is 0 Å². The second-order valence-corrected chi connectivity index (χ2v) is 7.54. The van der Waals surface area contributed by atoms with Gasteiger partial charge >= 0.3 is 5.97 Å². The van der Waals surface area contributed by atoms with Crippen molar-refractivity contribution in [2.24, 2.45) is 5.92 Å². The Bertz CT molecular complexity index is 671. The van der Waals surface area contributed by atoms with Gasteiger partial charge in [0, 0.05) is 37.9 Å². The Balaban J connectivity index is 1.68. The van der Waals surface area contributed by atoms with Crippen LogP contribution in [0.2, 0.25) is 0 Å². The van der Waals surface area contributed by atoms with Crippen LogP contribution in [0, 0.1) is 5.92 Å². The third-order valence-corrected chi connectivity index (χ3v) is 5.51. The van der Waals surface area contributed by atoms with Crippen molar-refractivity contribution in [3.8, 4) is 0 Å². The van der Waals surface area contributed by atoms with Gasteiger partial charge in [-0.25, -0.2) is 0 Å². The lowest BCUT2D eigenvalue weighted by Crippen LogP contribution is -2.46. The number of carbonyl (C=O) groups is 3. The second-order valence-electron chi connectivity index (χ2n) is 7.54. The maximum atomic E-state index is 13.1. The number of carboxylic acids is 1. The van der Waals surface area contributed by atoms with Gasteiger partial charge in [-0.3, -0.25) is 19.4 Å². The Morgan fingerprint density at radius 3 is 2.59 bits per heavy atom. The summed E-state index contributed by atoms with van der Waals surface area (Å²) in [5.41, 5.74) is 0.921. The molecule has 3 rings (SSSR count). The summed E-state index contributed by atoms with van der Waals surface area (Å²) in [6.45, 7) is 0.491. The van der Waals surface area contributed by atoms with E-state index in [0.29, 0.717) is 13.1 Å². The molecule has 2 aliphatic rings. The van der Waals surface area contributed by atoms with E-state index in [0.717, 1.165) is 44.1 Å². The van der Waals surface area contributed by atoms with Crippen LogP contribution in [0.25, 0.3) is 0 Å². The number of pyridine rings is 1. The van der Waals surface area contributed by atoms with E-state index in [1.54, 1.807) is 17.3 Å². The molecule has 7 nitrogen and oxygen atoms in total. The highest BCUT2D eigenvalue weighted by Gasteiger charge is 2.39. The number of hydrogen-bond donors (Lipinski definition) is 1. The molecule has 27 heavy (non-hydrogen) atoms. The molecular formula is C20H27N3O4. The van der Waals surface area contributed by atoms with Crippen LogP contribution in [0.4, 0.5) is 0 Å². The molecule has 2 heterocycles. The lowest BCUT2D eigenvalue weighted by molar-refractivity contribution is -0.148. The molecule has 1 aliphatic carbocycles. The zero-order chi connectivity index (χ0) is 19.2. The van der Waals surface area contributed by atoms with Gasteiger partial charge in [0.1, 0.15) is 6.54 Å². The molecule has 2 amide bonds. The van der Waals surface area contributed by atoms with Crippen molar-refractivity contribution in [2.75, 3.05) is 13.1 Å². The molecule has 146 valence electrons. The lowest BCUT2D eigenvalue weighted by atomic mass is 10.0. The normalized spacial score (nSPS) is 21.1. The fourth-order valence-electron chi connectivity index (χ4n) is 4.14. The minimum atomic E-state index is -0.996. The fraction of sp³-hybridized carbons (Fsp3) is 0.600. The van der Waals surface area contributed by atoms with Crippen molar-refractivity contribution in [3.63, 3.8) is 0 Å². The molecule has 1 saturated carbocycles. The monoisotopic (exact) mass is 373 g/mol. The third-order valence-electron chi connectivity index (χ3n) is 5.51. The van der Waals surface area contributed by atoms with Crippen molar-refractivity contribution in [1.29, 1.82) is 0 Å². The van der Waals surface area contributed by atoms with Crippen LogP contribution in [0.1, 0.15) is 50.5 Å². The molecule has 1 atom stereocenters. The highest BCUT2D eigenvalue weighted by Crippen LogP contribution is 2.27. The van der Waals surface area contributed by atoms with Gasteiger partial charge in [0.15, 0.2) is 0 Å². The minimum Gasteiger partial charge on any atom is -0.480 e. The van der Waals surface area contributed by atoms with Gasteiger partial charge in [-0.15, -0.1) is 0 Å². The number of nitrogens with zero attached hydrogens (tertiary/aromatic N) is 3. The van der Waals surface area contributed by atoms with Crippen LogP contribution in [-0.4, -0.2) is 56.8 Å². The zero-order valence-electron chi connectivity index (χ0n) is 15.5. The van der Waals surface area contributed by atoms with Gasteiger partial charge in [-0.1, -0.05) is 31.7 Å².